The molecular formula is C28H25F3O7. The Balaban J connectivity index is 1.86. The van der Waals surface area contributed by atoms with Crippen molar-refractivity contribution in [1.82, 2.24) is 0 Å². The van der Waals surface area contributed by atoms with Crippen LogP contribution in [0.2, 0.25) is 0 Å². The van der Waals surface area contributed by atoms with Crippen molar-refractivity contribution >= 4 is 18.2 Å². The summed E-state index contributed by atoms with van der Waals surface area (Å²) in [6, 6.07) is 12.8. The Morgan fingerprint density at radius 1 is 0.947 bits per heavy atom. The van der Waals surface area contributed by atoms with Crippen molar-refractivity contribution < 1.29 is 46.9 Å². The molecule has 200 valence electrons. The number of phenolic OH excluding ortho intramolecular Hbond substituents is 1. The van der Waals surface area contributed by atoms with Gasteiger partial charge in [0.25, 0.3) is 0 Å². The third-order valence-electron chi connectivity index (χ3n) is 5.14. The lowest BCUT2D eigenvalue weighted by molar-refractivity contribution is -0.138. The zero-order chi connectivity index (χ0) is 28.3. The van der Waals surface area contributed by atoms with E-state index in [2.05, 4.69) is 0 Å². The molecule has 0 amide bonds. The van der Waals surface area contributed by atoms with Crippen LogP contribution in [0.1, 0.15) is 59.5 Å². The monoisotopic (exact) mass is 530 g/mol. The van der Waals surface area contributed by atoms with Gasteiger partial charge in [0, 0.05) is 18.1 Å². The van der Waals surface area contributed by atoms with Crippen molar-refractivity contribution in [2.75, 3.05) is 0 Å². The van der Waals surface area contributed by atoms with Gasteiger partial charge in [-0.3, -0.25) is 9.59 Å². The average Bonchev–Trinajstić information content (AvgIpc) is 2.80. The van der Waals surface area contributed by atoms with Crippen LogP contribution < -0.4 is 9.47 Å². The normalized spacial score (nSPS) is 11.6. The van der Waals surface area contributed by atoms with Crippen molar-refractivity contribution in [2.24, 2.45) is 0 Å². The van der Waals surface area contributed by atoms with E-state index in [0.717, 1.165) is 6.07 Å². The molecule has 0 heterocycles. The van der Waals surface area contributed by atoms with Crippen LogP contribution in [0.4, 0.5) is 13.2 Å². The zero-order valence-corrected chi connectivity index (χ0v) is 21.0. The number of hydrogen-bond acceptors (Lipinski definition) is 7. The molecule has 0 bridgehead atoms. The fourth-order valence-corrected chi connectivity index (χ4v) is 3.56. The molecule has 0 atom stereocenters. The first-order valence-corrected chi connectivity index (χ1v) is 11.4. The second kappa shape index (κ2) is 11.0. The summed E-state index contributed by atoms with van der Waals surface area (Å²) in [5.41, 5.74) is -1.50. The molecule has 0 spiro atoms. The van der Waals surface area contributed by atoms with Crippen LogP contribution >= 0.6 is 0 Å². The molecule has 0 aromatic heterocycles. The zero-order valence-electron chi connectivity index (χ0n) is 21.0. The summed E-state index contributed by atoms with van der Waals surface area (Å²) >= 11 is 0. The summed E-state index contributed by atoms with van der Waals surface area (Å²) in [5.74, 6) is -2.33. The third kappa shape index (κ3) is 6.90. The second-order valence-corrected chi connectivity index (χ2v) is 9.27. The Labute approximate surface area is 216 Å². The number of ether oxygens (including phenoxy) is 3. The number of hydrogen-bond donors (Lipinski definition) is 1. The Morgan fingerprint density at radius 2 is 1.58 bits per heavy atom. The number of esters is 2. The lowest BCUT2D eigenvalue weighted by Gasteiger charge is -2.22. The Morgan fingerprint density at radius 3 is 2.13 bits per heavy atom. The van der Waals surface area contributed by atoms with Crippen LogP contribution in [0.3, 0.4) is 0 Å². The number of halogens is 3. The molecule has 0 fully saturated rings. The first-order valence-electron chi connectivity index (χ1n) is 11.4. The fourth-order valence-electron chi connectivity index (χ4n) is 3.56. The molecule has 10 heteroatoms. The van der Waals surface area contributed by atoms with E-state index in [1.165, 1.54) is 13.0 Å². The van der Waals surface area contributed by atoms with Crippen molar-refractivity contribution in [3.8, 4) is 28.4 Å². The van der Waals surface area contributed by atoms with E-state index >= 15 is 0 Å². The number of alkyl halides is 3. The lowest BCUT2D eigenvalue weighted by atomic mass is 10.00. The van der Waals surface area contributed by atoms with Crippen molar-refractivity contribution in [3.63, 3.8) is 0 Å². The molecule has 0 saturated carbocycles. The molecule has 0 unspecified atom stereocenters. The smallest absolute Gasteiger partial charge is 0.419 e. The van der Waals surface area contributed by atoms with Gasteiger partial charge in [-0.15, -0.1) is 0 Å². The highest BCUT2D eigenvalue weighted by Crippen LogP contribution is 2.39. The summed E-state index contributed by atoms with van der Waals surface area (Å²) in [6.45, 7) is 5.56. The van der Waals surface area contributed by atoms with Gasteiger partial charge in [0.2, 0.25) is 0 Å². The largest absolute Gasteiger partial charge is 0.506 e. The minimum atomic E-state index is -4.88. The molecule has 7 nitrogen and oxygen atoms in total. The van der Waals surface area contributed by atoms with Crippen LogP contribution in [0.5, 0.6) is 17.2 Å². The molecule has 3 aromatic rings. The van der Waals surface area contributed by atoms with Gasteiger partial charge in [0.1, 0.15) is 35.0 Å². The molecular weight excluding hydrogens is 505 g/mol. The van der Waals surface area contributed by atoms with Gasteiger partial charge in [-0.05, 0) is 68.3 Å². The molecule has 0 aliphatic carbocycles. The van der Waals surface area contributed by atoms with Gasteiger partial charge in [-0.2, -0.15) is 13.2 Å². The van der Waals surface area contributed by atoms with E-state index in [9.17, 15) is 32.7 Å². The molecule has 3 rings (SSSR count). The third-order valence-corrected chi connectivity index (χ3v) is 5.14. The van der Waals surface area contributed by atoms with Crippen molar-refractivity contribution in [3.05, 3.63) is 76.9 Å². The number of phenols is 1. The van der Waals surface area contributed by atoms with Crippen LogP contribution in [0, 0.1) is 0 Å². The highest BCUT2D eigenvalue weighted by molar-refractivity contribution is 5.95. The first kappa shape index (κ1) is 28.2. The Hall–Kier alpha value is -4.34. The number of carbonyl (C=O) groups excluding carboxylic acids is 3. The van der Waals surface area contributed by atoms with E-state index < -0.39 is 40.6 Å². The molecule has 3 aromatic carbocycles. The predicted molar refractivity (Wildman–Crippen MR) is 131 cm³/mol. The number of rotatable bonds is 7. The van der Waals surface area contributed by atoms with Crippen LogP contribution in [-0.4, -0.2) is 28.9 Å². The van der Waals surface area contributed by atoms with Crippen LogP contribution in [-0.2, 0) is 22.3 Å². The highest BCUT2D eigenvalue weighted by Gasteiger charge is 2.37. The SMILES string of the molecule is CC(=O)Oc1ccc(-c2ccc(OCc3ccc(C(F)(F)F)c(O)c3C(=O)OC(C)(C)C)cc2)c(C=O)c1. The number of benzene rings is 3. The second-order valence-electron chi connectivity index (χ2n) is 9.27. The van der Waals surface area contributed by atoms with Gasteiger partial charge in [0.15, 0.2) is 6.29 Å². The van der Waals surface area contributed by atoms with E-state index in [1.54, 1.807) is 57.2 Å². The number of aromatic hydroxyl groups is 1. The van der Waals surface area contributed by atoms with Gasteiger partial charge < -0.3 is 19.3 Å². The highest BCUT2D eigenvalue weighted by atomic mass is 19.4. The quantitative estimate of drug-likeness (QED) is 0.216. The maximum absolute atomic E-state index is 13.3. The van der Waals surface area contributed by atoms with Gasteiger partial charge in [0.05, 0.1) is 5.56 Å². The standard InChI is InChI=1S/C28H25F3O7/c1-16(33)37-21-10-11-22(19(13-21)14-32)17-5-8-20(9-6-17)36-15-18-7-12-23(28(29,30)31)25(34)24(18)26(35)38-27(2,3)4/h5-14,34H,15H2,1-4H3. The summed E-state index contributed by atoms with van der Waals surface area (Å²) in [4.78, 5) is 35.4. The van der Waals surface area contributed by atoms with Crippen LogP contribution in [0.15, 0.2) is 54.6 Å². The number of aldehydes is 1. The van der Waals surface area contributed by atoms with E-state index in [1.807, 2.05) is 0 Å². The molecule has 0 saturated heterocycles. The molecule has 38 heavy (non-hydrogen) atoms. The van der Waals surface area contributed by atoms with E-state index in [4.69, 9.17) is 14.2 Å². The van der Waals surface area contributed by atoms with E-state index in [-0.39, 0.29) is 17.9 Å². The van der Waals surface area contributed by atoms with Crippen molar-refractivity contribution in [1.29, 1.82) is 0 Å². The molecule has 1 N–H and O–H groups in total. The Bertz CT molecular complexity index is 1350. The van der Waals surface area contributed by atoms with Gasteiger partial charge in [-0.25, -0.2) is 4.79 Å². The first-order chi connectivity index (χ1) is 17.7. The minimum absolute atomic E-state index is 0.00173. The topological polar surface area (TPSA) is 99.1 Å². The lowest BCUT2D eigenvalue weighted by Crippen LogP contribution is -2.25. The predicted octanol–water partition coefficient (Wildman–Crippen LogP) is 6.35. The van der Waals surface area contributed by atoms with Gasteiger partial charge in [-0.1, -0.05) is 18.2 Å². The fraction of sp³-hybridized carbons (Fsp3) is 0.250. The van der Waals surface area contributed by atoms with Crippen molar-refractivity contribution in [2.45, 2.75) is 46.1 Å². The number of carbonyl (C=O) groups is 3. The summed E-state index contributed by atoms with van der Waals surface area (Å²) in [6.07, 6.45) is -4.26. The molecule has 0 aliphatic rings. The molecule has 0 radical (unpaired) electrons. The Kier molecular flexibility index (Phi) is 8.14. The minimum Gasteiger partial charge on any atom is -0.506 e. The van der Waals surface area contributed by atoms with E-state index in [0.29, 0.717) is 34.8 Å². The van der Waals surface area contributed by atoms with Gasteiger partial charge >= 0.3 is 18.1 Å². The van der Waals surface area contributed by atoms with Crippen LogP contribution in [0.25, 0.3) is 11.1 Å². The summed E-state index contributed by atoms with van der Waals surface area (Å²) in [7, 11) is 0. The molecule has 0 aliphatic heterocycles. The average molecular weight is 530 g/mol. The summed E-state index contributed by atoms with van der Waals surface area (Å²) < 4.78 is 55.9. The summed E-state index contributed by atoms with van der Waals surface area (Å²) in [5, 5.41) is 10.3. The maximum atomic E-state index is 13.3. The maximum Gasteiger partial charge on any atom is 0.419 e.